The zero-order chi connectivity index (χ0) is 25.8. The molecule has 1 saturated carbocycles. The lowest BCUT2D eigenvalue weighted by atomic mass is 9.84. The summed E-state index contributed by atoms with van der Waals surface area (Å²) in [4.78, 5) is 44.8. The SMILES string of the molecule is C=CCN1C(=O)NC(c2ccc(Cl)cc2Cl)C(C(=O)OCC)=C1CN1CCN(C(=O)C2CCC2)CC1. The number of benzene rings is 1. The van der Waals surface area contributed by atoms with Crippen LogP contribution in [-0.2, 0) is 14.3 Å². The summed E-state index contributed by atoms with van der Waals surface area (Å²) >= 11 is 12.6. The largest absolute Gasteiger partial charge is 0.463 e. The highest BCUT2D eigenvalue weighted by molar-refractivity contribution is 6.35. The minimum absolute atomic E-state index is 0.171. The molecule has 1 aromatic carbocycles. The maximum Gasteiger partial charge on any atom is 0.338 e. The monoisotopic (exact) mass is 534 g/mol. The van der Waals surface area contributed by atoms with Gasteiger partial charge in [-0.25, -0.2) is 9.59 Å². The van der Waals surface area contributed by atoms with E-state index in [2.05, 4.69) is 16.8 Å². The summed E-state index contributed by atoms with van der Waals surface area (Å²) in [6.07, 6.45) is 4.71. The van der Waals surface area contributed by atoms with Crippen molar-refractivity contribution < 1.29 is 19.1 Å². The van der Waals surface area contributed by atoms with Crippen LogP contribution in [0, 0.1) is 5.92 Å². The fraction of sp³-hybridized carbons (Fsp3) is 0.500. The topological polar surface area (TPSA) is 82.2 Å². The minimum Gasteiger partial charge on any atom is -0.463 e. The van der Waals surface area contributed by atoms with Gasteiger partial charge in [-0.3, -0.25) is 14.6 Å². The molecule has 1 saturated heterocycles. The fourth-order valence-electron chi connectivity index (χ4n) is 4.87. The van der Waals surface area contributed by atoms with Crippen molar-refractivity contribution in [2.45, 2.75) is 32.2 Å². The van der Waals surface area contributed by atoms with Crippen molar-refractivity contribution in [3.63, 3.8) is 0 Å². The van der Waals surface area contributed by atoms with Crippen LogP contribution in [0.4, 0.5) is 4.79 Å². The number of carbonyl (C=O) groups is 3. The number of hydrogen-bond donors (Lipinski definition) is 1. The Labute approximate surface area is 221 Å². The van der Waals surface area contributed by atoms with Crippen molar-refractivity contribution >= 4 is 41.1 Å². The summed E-state index contributed by atoms with van der Waals surface area (Å²) in [6.45, 7) is 8.83. The van der Waals surface area contributed by atoms with Crippen molar-refractivity contribution in [1.82, 2.24) is 20.0 Å². The van der Waals surface area contributed by atoms with Crippen LogP contribution in [0.2, 0.25) is 10.0 Å². The molecule has 0 aromatic heterocycles. The first-order valence-corrected chi connectivity index (χ1v) is 13.1. The van der Waals surface area contributed by atoms with Gasteiger partial charge in [-0.2, -0.15) is 0 Å². The van der Waals surface area contributed by atoms with Crippen LogP contribution in [0.1, 0.15) is 37.8 Å². The highest BCUT2D eigenvalue weighted by atomic mass is 35.5. The number of rotatable bonds is 8. The predicted molar refractivity (Wildman–Crippen MR) is 139 cm³/mol. The second kappa shape index (κ2) is 11.7. The number of halogens is 2. The third kappa shape index (κ3) is 5.56. The first kappa shape index (κ1) is 26.5. The molecule has 3 aliphatic rings. The summed E-state index contributed by atoms with van der Waals surface area (Å²) in [6, 6.07) is 3.82. The molecule has 10 heteroatoms. The molecule has 2 heterocycles. The molecule has 4 rings (SSSR count). The molecule has 0 spiro atoms. The van der Waals surface area contributed by atoms with E-state index in [0.717, 1.165) is 19.3 Å². The average Bonchev–Trinajstić information content (AvgIpc) is 2.80. The highest BCUT2D eigenvalue weighted by Crippen LogP contribution is 2.36. The van der Waals surface area contributed by atoms with E-state index in [4.69, 9.17) is 27.9 Å². The van der Waals surface area contributed by atoms with Gasteiger partial charge in [0.05, 0.1) is 18.2 Å². The quantitative estimate of drug-likeness (QED) is 0.402. The van der Waals surface area contributed by atoms with Gasteiger partial charge in [-0.1, -0.05) is 41.8 Å². The normalized spacial score (nSPS) is 21.2. The van der Waals surface area contributed by atoms with Gasteiger partial charge in [-0.05, 0) is 37.5 Å². The van der Waals surface area contributed by atoms with Crippen LogP contribution >= 0.6 is 23.2 Å². The summed E-state index contributed by atoms with van der Waals surface area (Å²) in [5.74, 6) is -0.101. The van der Waals surface area contributed by atoms with E-state index in [0.29, 0.717) is 59.6 Å². The van der Waals surface area contributed by atoms with Crippen LogP contribution in [-0.4, -0.2) is 78.5 Å². The molecule has 194 valence electrons. The van der Waals surface area contributed by atoms with E-state index in [1.54, 1.807) is 31.2 Å². The number of nitrogens with zero attached hydrogens (tertiary/aromatic N) is 3. The van der Waals surface area contributed by atoms with Gasteiger partial charge in [0.25, 0.3) is 0 Å². The summed E-state index contributed by atoms with van der Waals surface area (Å²) < 4.78 is 5.43. The van der Waals surface area contributed by atoms with Crippen molar-refractivity contribution in [3.8, 4) is 0 Å². The molecule has 2 aliphatic heterocycles. The van der Waals surface area contributed by atoms with Crippen LogP contribution in [0.5, 0.6) is 0 Å². The lowest BCUT2D eigenvalue weighted by molar-refractivity contribution is -0.140. The number of nitrogens with one attached hydrogen (secondary N) is 1. The van der Waals surface area contributed by atoms with Gasteiger partial charge in [0.1, 0.15) is 0 Å². The Morgan fingerprint density at radius 2 is 1.92 bits per heavy atom. The van der Waals surface area contributed by atoms with Gasteiger partial charge in [-0.15, -0.1) is 6.58 Å². The second-order valence-corrected chi connectivity index (χ2v) is 10.1. The number of piperazine rings is 1. The van der Waals surface area contributed by atoms with Crippen LogP contribution in [0.25, 0.3) is 0 Å². The fourth-order valence-corrected chi connectivity index (χ4v) is 5.38. The number of carbonyl (C=O) groups excluding carboxylic acids is 3. The zero-order valence-corrected chi connectivity index (χ0v) is 22.0. The van der Waals surface area contributed by atoms with Crippen molar-refractivity contribution in [1.29, 1.82) is 0 Å². The van der Waals surface area contributed by atoms with Gasteiger partial charge in [0.2, 0.25) is 5.91 Å². The number of esters is 1. The minimum atomic E-state index is -0.793. The maximum atomic E-state index is 13.3. The summed E-state index contributed by atoms with van der Waals surface area (Å²) in [5.41, 5.74) is 1.44. The highest BCUT2D eigenvalue weighted by Gasteiger charge is 2.40. The third-order valence-corrected chi connectivity index (χ3v) is 7.59. The molecule has 0 bridgehead atoms. The van der Waals surface area contributed by atoms with Crippen LogP contribution < -0.4 is 5.32 Å². The maximum absolute atomic E-state index is 13.3. The van der Waals surface area contributed by atoms with E-state index in [1.165, 1.54) is 4.90 Å². The number of amides is 3. The van der Waals surface area contributed by atoms with E-state index >= 15 is 0 Å². The van der Waals surface area contributed by atoms with Crippen molar-refractivity contribution in [2.75, 3.05) is 45.9 Å². The molecule has 2 fully saturated rings. The van der Waals surface area contributed by atoms with Crippen LogP contribution in [0.3, 0.4) is 0 Å². The molecule has 3 amide bonds. The van der Waals surface area contributed by atoms with Crippen molar-refractivity contribution in [2.24, 2.45) is 5.92 Å². The Hall–Kier alpha value is -2.55. The summed E-state index contributed by atoms with van der Waals surface area (Å²) in [5, 5.41) is 3.71. The molecular weight excluding hydrogens is 503 g/mol. The molecular formula is C26H32Cl2N4O4. The van der Waals surface area contributed by atoms with Gasteiger partial charge < -0.3 is 15.0 Å². The molecule has 1 aliphatic carbocycles. The molecule has 1 aromatic rings. The Morgan fingerprint density at radius 3 is 2.50 bits per heavy atom. The van der Waals surface area contributed by atoms with Gasteiger partial charge in [0, 0.05) is 60.9 Å². The molecule has 1 unspecified atom stereocenters. The first-order valence-electron chi connectivity index (χ1n) is 12.4. The smallest absolute Gasteiger partial charge is 0.338 e. The Bertz CT molecular complexity index is 1060. The Balaban J connectivity index is 1.65. The zero-order valence-electron chi connectivity index (χ0n) is 20.5. The number of ether oxygens (including phenoxy) is 1. The first-order chi connectivity index (χ1) is 17.3. The number of hydrogen-bond acceptors (Lipinski definition) is 5. The van der Waals surface area contributed by atoms with E-state index < -0.39 is 12.0 Å². The lowest BCUT2D eigenvalue weighted by Crippen LogP contribution is -2.54. The second-order valence-electron chi connectivity index (χ2n) is 9.26. The molecule has 1 N–H and O–H groups in total. The standard InChI is InChI=1S/C26H32Cl2N4O4/c1-3-10-32-21(16-30-11-13-31(14-12-30)24(33)17-6-5-7-17)22(25(34)36-4-2)23(29-26(32)35)19-9-8-18(27)15-20(19)28/h3,8-9,15,17,23H,1,4-7,10-14,16H2,2H3,(H,29,35). The van der Waals surface area contributed by atoms with Crippen LogP contribution in [0.15, 0.2) is 42.1 Å². The van der Waals surface area contributed by atoms with Gasteiger partial charge in [0.15, 0.2) is 0 Å². The molecule has 8 nitrogen and oxygen atoms in total. The molecule has 0 radical (unpaired) electrons. The van der Waals surface area contributed by atoms with Gasteiger partial charge >= 0.3 is 12.0 Å². The van der Waals surface area contributed by atoms with Crippen molar-refractivity contribution in [3.05, 3.63) is 57.7 Å². The summed E-state index contributed by atoms with van der Waals surface area (Å²) in [7, 11) is 0. The molecule has 36 heavy (non-hydrogen) atoms. The Morgan fingerprint density at radius 1 is 1.19 bits per heavy atom. The van der Waals surface area contributed by atoms with E-state index in [9.17, 15) is 14.4 Å². The predicted octanol–water partition coefficient (Wildman–Crippen LogP) is 4.01. The Kier molecular flexibility index (Phi) is 8.59. The number of urea groups is 1. The van der Waals surface area contributed by atoms with E-state index in [1.807, 2.05) is 4.90 Å². The average molecular weight is 535 g/mol. The molecule has 1 atom stereocenters. The lowest BCUT2D eigenvalue weighted by Gasteiger charge is -2.41. The van der Waals surface area contributed by atoms with E-state index in [-0.39, 0.29) is 31.0 Å². The third-order valence-electron chi connectivity index (χ3n) is 7.03.